The van der Waals surface area contributed by atoms with Gasteiger partial charge in [0, 0.05) is 32.0 Å². The van der Waals surface area contributed by atoms with Crippen LogP contribution in [0.15, 0.2) is 0 Å². The Labute approximate surface area is 104 Å². The van der Waals surface area contributed by atoms with Crippen molar-refractivity contribution in [3.63, 3.8) is 0 Å². The third-order valence-electron chi connectivity index (χ3n) is 3.94. The summed E-state index contributed by atoms with van der Waals surface area (Å²) in [5.41, 5.74) is 5.47. The van der Waals surface area contributed by atoms with Crippen molar-refractivity contribution >= 4 is 9.84 Å². The molecule has 0 aliphatic heterocycles. The van der Waals surface area contributed by atoms with Crippen molar-refractivity contribution in [2.24, 2.45) is 5.73 Å². The molecule has 0 amide bonds. The van der Waals surface area contributed by atoms with Gasteiger partial charge in [-0.3, -0.25) is 4.90 Å². The van der Waals surface area contributed by atoms with Gasteiger partial charge in [-0.15, -0.1) is 0 Å². The number of rotatable bonds is 6. The first kappa shape index (κ1) is 14.9. The quantitative estimate of drug-likeness (QED) is 0.723. The third kappa shape index (κ3) is 2.99. The van der Waals surface area contributed by atoms with Gasteiger partial charge in [-0.05, 0) is 19.9 Å². The molecule has 1 fully saturated rings. The number of hydrogen-bond acceptors (Lipinski definition) is 5. The summed E-state index contributed by atoms with van der Waals surface area (Å²) in [5.74, 6) is 0. The van der Waals surface area contributed by atoms with Gasteiger partial charge in [-0.25, -0.2) is 8.42 Å². The molecule has 0 aromatic heterocycles. The van der Waals surface area contributed by atoms with Gasteiger partial charge in [-0.2, -0.15) is 0 Å². The van der Waals surface area contributed by atoms with Crippen LogP contribution >= 0.6 is 0 Å². The molecule has 0 spiro atoms. The van der Waals surface area contributed by atoms with E-state index in [1.165, 1.54) is 6.26 Å². The minimum Gasteiger partial charge on any atom is -0.383 e. The van der Waals surface area contributed by atoms with Gasteiger partial charge >= 0.3 is 0 Å². The molecule has 0 aromatic rings. The molecule has 2 unspecified atom stereocenters. The molecule has 2 N–H and O–H groups in total. The van der Waals surface area contributed by atoms with Gasteiger partial charge in [-0.1, -0.05) is 6.42 Å². The maximum absolute atomic E-state index is 11.9. The average molecular weight is 264 g/mol. The summed E-state index contributed by atoms with van der Waals surface area (Å²) in [6, 6.07) is 0. The van der Waals surface area contributed by atoms with E-state index in [9.17, 15) is 8.42 Å². The van der Waals surface area contributed by atoms with E-state index in [0.29, 0.717) is 26.1 Å². The van der Waals surface area contributed by atoms with Crippen molar-refractivity contribution < 1.29 is 13.2 Å². The monoisotopic (exact) mass is 264 g/mol. The Balaban J connectivity index is 2.93. The van der Waals surface area contributed by atoms with Gasteiger partial charge in [0.25, 0.3) is 0 Å². The van der Waals surface area contributed by atoms with E-state index in [0.717, 1.165) is 12.8 Å². The zero-order chi connectivity index (χ0) is 13.1. The summed E-state index contributed by atoms with van der Waals surface area (Å²) in [4.78, 5) is 2.06. The van der Waals surface area contributed by atoms with Gasteiger partial charge in [0.05, 0.1) is 11.9 Å². The fraction of sp³-hybridized carbons (Fsp3) is 1.00. The summed E-state index contributed by atoms with van der Waals surface area (Å²) in [7, 11) is 0.530. The zero-order valence-electron chi connectivity index (χ0n) is 11.0. The van der Waals surface area contributed by atoms with Gasteiger partial charge in [0.2, 0.25) is 0 Å². The number of methoxy groups -OCH3 is 1. The van der Waals surface area contributed by atoms with E-state index in [1.807, 2.05) is 7.05 Å². The molecule has 1 aliphatic rings. The Morgan fingerprint density at radius 1 is 1.53 bits per heavy atom. The highest BCUT2D eigenvalue weighted by atomic mass is 32.2. The predicted octanol–water partition coefficient (Wildman–Crippen LogP) is -0.141. The maximum atomic E-state index is 11.9. The summed E-state index contributed by atoms with van der Waals surface area (Å²) >= 11 is 0. The van der Waals surface area contributed by atoms with Crippen molar-refractivity contribution in [3.05, 3.63) is 0 Å². The fourth-order valence-corrected chi connectivity index (χ4v) is 4.70. The maximum Gasteiger partial charge on any atom is 0.152 e. The van der Waals surface area contributed by atoms with E-state index in [-0.39, 0.29) is 5.25 Å². The summed E-state index contributed by atoms with van der Waals surface area (Å²) in [6.45, 7) is 1.68. The van der Waals surface area contributed by atoms with Crippen LogP contribution in [-0.2, 0) is 14.6 Å². The standard InChI is InChI=1S/C11H24N2O3S/c1-13(7-8-16-2)11(9-12)6-4-5-10(11)17(3,14)15/h10H,4-9,12H2,1-3H3. The molecule has 5 nitrogen and oxygen atoms in total. The van der Waals surface area contributed by atoms with E-state index in [2.05, 4.69) is 4.90 Å². The third-order valence-corrected chi connectivity index (χ3v) is 5.64. The molecule has 0 heterocycles. The molecule has 6 heteroatoms. The molecule has 0 bridgehead atoms. The van der Waals surface area contributed by atoms with E-state index < -0.39 is 15.4 Å². The van der Waals surface area contributed by atoms with Crippen LogP contribution < -0.4 is 5.73 Å². The van der Waals surface area contributed by atoms with Gasteiger partial charge < -0.3 is 10.5 Å². The minimum atomic E-state index is -3.05. The first-order valence-corrected chi connectivity index (χ1v) is 7.93. The number of sulfone groups is 1. The number of nitrogens with zero attached hydrogens (tertiary/aromatic N) is 1. The lowest BCUT2D eigenvalue weighted by molar-refractivity contribution is 0.0886. The van der Waals surface area contributed by atoms with E-state index in [4.69, 9.17) is 10.5 Å². The van der Waals surface area contributed by atoms with Crippen molar-refractivity contribution in [1.29, 1.82) is 0 Å². The van der Waals surface area contributed by atoms with Crippen molar-refractivity contribution in [2.45, 2.75) is 30.1 Å². The molecule has 102 valence electrons. The Kier molecular flexibility index (Phi) is 4.95. The number of likely N-dealkylation sites (N-methyl/N-ethyl adjacent to an activating group) is 1. The summed E-state index contributed by atoms with van der Waals surface area (Å²) in [5, 5.41) is -0.346. The molecule has 1 rings (SSSR count). The second kappa shape index (κ2) is 5.65. The molecule has 2 atom stereocenters. The minimum absolute atomic E-state index is 0.346. The normalized spacial score (nSPS) is 30.1. The highest BCUT2D eigenvalue weighted by Gasteiger charge is 2.49. The van der Waals surface area contributed by atoms with Crippen LogP contribution in [0.5, 0.6) is 0 Å². The topological polar surface area (TPSA) is 72.6 Å². The van der Waals surface area contributed by atoms with Crippen LogP contribution in [0.1, 0.15) is 19.3 Å². The van der Waals surface area contributed by atoms with Gasteiger partial charge in [0.15, 0.2) is 9.84 Å². The van der Waals surface area contributed by atoms with E-state index in [1.54, 1.807) is 7.11 Å². The number of hydrogen-bond donors (Lipinski definition) is 1. The average Bonchev–Trinajstić information content (AvgIpc) is 2.70. The molecular formula is C11H24N2O3S. The fourth-order valence-electron chi connectivity index (χ4n) is 2.91. The second-order valence-corrected chi connectivity index (χ2v) is 7.16. The summed E-state index contributed by atoms with van der Waals surface area (Å²) in [6.07, 6.45) is 3.80. The first-order valence-electron chi connectivity index (χ1n) is 5.97. The van der Waals surface area contributed by atoms with Crippen LogP contribution in [-0.4, -0.2) is 64.2 Å². The molecule has 0 radical (unpaired) electrons. The highest BCUT2D eigenvalue weighted by molar-refractivity contribution is 7.91. The Morgan fingerprint density at radius 3 is 2.65 bits per heavy atom. The van der Waals surface area contributed by atoms with Crippen LogP contribution in [0, 0.1) is 0 Å². The van der Waals surface area contributed by atoms with Crippen LogP contribution in [0.25, 0.3) is 0 Å². The second-order valence-electron chi connectivity index (χ2n) is 4.93. The van der Waals surface area contributed by atoms with Crippen LogP contribution in [0.3, 0.4) is 0 Å². The lowest BCUT2D eigenvalue weighted by atomic mass is 9.95. The molecule has 1 aliphatic carbocycles. The SMILES string of the molecule is COCCN(C)C1(CN)CCCC1S(C)(=O)=O. The Hall–Kier alpha value is -0.170. The summed E-state index contributed by atoms with van der Waals surface area (Å²) < 4.78 is 28.8. The first-order chi connectivity index (χ1) is 7.88. The Morgan fingerprint density at radius 2 is 2.18 bits per heavy atom. The molecule has 0 aromatic carbocycles. The van der Waals surface area contributed by atoms with Crippen molar-refractivity contribution in [3.8, 4) is 0 Å². The van der Waals surface area contributed by atoms with Crippen LogP contribution in [0.2, 0.25) is 0 Å². The molecule has 0 saturated heterocycles. The zero-order valence-corrected chi connectivity index (χ0v) is 11.8. The van der Waals surface area contributed by atoms with E-state index >= 15 is 0 Å². The predicted molar refractivity (Wildman–Crippen MR) is 68.8 cm³/mol. The lowest BCUT2D eigenvalue weighted by Crippen LogP contribution is -2.59. The van der Waals surface area contributed by atoms with Crippen LogP contribution in [0.4, 0.5) is 0 Å². The molecule has 1 saturated carbocycles. The molecular weight excluding hydrogens is 240 g/mol. The number of nitrogens with two attached hydrogens (primary N) is 1. The number of ether oxygens (including phenoxy) is 1. The largest absolute Gasteiger partial charge is 0.383 e. The highest BCUT2D eigenvalue weighted by Crippen LogP contribution is 2.38. The van der Waals surface area contributed by atoms with Crippen molar-refractivity contribution in [1.82, 2.24) is 4.90 Å². The lowest BCUT2D eigenvalue weighted by Gasteiger charge is -2.41. The molecule has 17 heavy (non-hydrogen) atoms. The van der Waals surface area contributed by atoms with Crippen molar-refractivity contribution in [2.75, 3.05) is 40.1 Å². The Bertz CT molecular complexity index is 345. The van der Waals surface area contributed by atoms with Gasteiger partial charge in [0.1, 0.15) is 0 Å². The smallest absolute Gasteiger partial charge is 0.152 e.